The van der Waals surface area contributed by atoms with Gasteiger partial charge >= 0.3 is 6.09 Å². The van der Waals surface area contributed by atoms with Gasteiger partial charge in [-0.25, -0.2) is 14.3 Å². The lowest BCUT2D eigenvalue weighted by molar-refractivity contribution is 0.0240. The molecule has 4 heterocycles. The summed E-state index contributed by atoms with van der Waals surface area (Å²) in [6.07, 6.45) is 10.4. The molecule has 1 fully saturated rings. The highest BCUT2D eigenvalue weighted by Gasteiger charge is 2.26. The van der Waals surface area contributed by atoms with Gasteiger partial charge in [0.1, 0.15) is 17.5 Å². The van der Waals surface area contributed by atoms with Gasteiger partial charge in [-0.05, 0) is 39.0 Å². The predicted molar refractivity (Wildman–Crippen MR) is 121 cm³/mol. The lowest BCUT2D eigenvalue weighted by atomic mass is 10.0. The highest BCUT2D eigenvalue weighted by molar-refractivity contribution is 5.85. The van der Waals surface area contributed by atoms with Crippen molar-refractivity contribution in [2.24, 2.45) is 0 Å². The molecule has 0 unspecified atom stereocenters. The molecule has 0 radical (unpaired) electrons. The summed E-state index contributed by atoms with van der Waals surface area (Å²) >= 11 is 0. The van der Waals surface area contributed by atoms with E-state index < -0.39 is 5.60 Å². The summed E-state index contributed by atoms with van der Waals surface area (Å²) in [6, 6.07) is 7.96. The number of nitrogens with zero attached hydrogens (tertiary/aromatic N) is 6. The first kappa shape index (κ1) is 21.2. The fourth-order valence-electron chi connectivity index (χ4n) is 3.68. The number of fused-ring (bicyclic) bond motifs is 1. The number of aromatic nitrogens is 3. The normalized spacial score (nSPS) is 14.2. The second-order valence-electron chi connectivity index (χ2n) is 8.61. The highest BCUT2D eigenvalue weighted by atomic mass is 16.6. The molecule has 1 aliphatic heterocycles. The number of nitriles is 1. The Bertz CT molecular complexity index is 1230. The first-order valence-electron chi connectivity index (χ1n) is 10.4. The summed E-state index contributed by atoms with van der Waals surface area (Å²) in [4.78, 5) is 20.8. The van der Waals surface area contributed by atoms with Gasteiger partial charge in [-0.3, -0.25) is 0 Å². The molecule has 8 nitrogen and oxygen atoms in total. The predicted octanol–water partition coefficient (Wildman–Crippen LogP) is 3.31. The lowest BCUT2D eigenvalue weighted by Crippen LogP contribution is -2.50. The number of carbonyl (C=O) groups excluding carboxylic acids is 1. The van der Waals surface area contributed by atoms with Crippen LogP contribution in [0, 0.1) is 23.7 Å². The van der Waals surface area contributed by atoms with Crippen molar-refractivity contribution in [3.8, 4) is 29.5 Å². The number of rotatable bonds is 2. The van der Waals surface area contributed by atoms with Crippen LogP contribution >= 0.6 is 0 Å². The van der Waals surface area contributed by atoms with Crippen molar-refractivity contribution in [1.82, 2.24) is 19.5 Å². The Hall–Kier alpha value is -4.04. The lowest BCUT2D eigenvalue weighted by Gasteiger charge is -2.36. The number of carbonyl (C=O) groups is 1. The van der Waals surface area contributed by atoms with Gasteiger partial charge in [0, 0.05) is 55.3 Å². The summed E-state index contributed by atoms with van der Waals surface area (Å²) in [7, 11) is 0. The standard InChI is InChI=1S/C24H24N6O2/c1-5-17-12-20(22-19(13-25)15-27-30(22)16-17)18-6-7-21(26-14-18)28-8-10-29(11-9-28)23(31)32-24(2,3)4/h1,6-7,12,14-16H,8-11H2,2-4H3. The van der Waals surface area contributed by atoms with E-state index in [0.717, 1.165) is 16.9 Å². The molecule has 4 rings (SSSR count). The van der Waals surface area contributed by atoms with Gasteiger partial charge in [0.25, 0.3) is 0 Å². The minimum atomic E-state index is -0.505. The third kappa shape index (κ3) is 4.21. The SMILES string of the molecule is C#Cc1cc(-c2ccc(N3CCN(C(=O)OC(C)(C)C)CC3)nc2)c2c(C#N)cnn2c1. The number of hydrogen-bond donors (Lipinski definition) is 0. The molecule has 0 atom stereocenters. The number of ether oxygens (including phenoxy) is 1. The third-order valence-electron chi connectivity index (χ3n) is 5.21. The fourth-order valence-corrected chi connectivity index (χ4v) is 3.68. The molecule has 1 saturated heterocycles. The third-order valence-corrected chi connectivity index (χ3v) is 5.21. The van der Waals surface area contributed by atoms with Crippen LogP contribution in [-0.4, -0.2) is 57.4 Å². The molecular weight excluding hydrogens is 404 g/mol. The number of hydrogen-bond acceptors (Lipinski definition) is 6. The van der Waals surface area contributed by atoms with Gasteiger partial charge in [-0.2, -0.15) is 10.4 Å². The van der Waals surface area contributed by atoms with Gasteiger partial charge in [0.2, 0.25) is 0 Å². The molecule has 0 N–H and O–H groups in total. The molecule has 0 saturated carbocycles. The summed E-state index contributed by atoms with van der Waals surface area (Å²) in [6.45, 7) is 8.08. The maximum atomic E-state index is 12.3. The maximum Gasteiger partial charge on any atom is 0.410 e. The van der Waals surface area contributed by atoms with E-state index in [9.17, 15) is 10.1 Å². The highest BCUT2D eigenvalue weighted by Crippen LogP contribution is 2.29. The van der Waals surface area contributed by atoms with Crippen molar-refractivity contribution in [2.75, 3.05) is 31.1 Å². The quantitative estimate of drug-likeness (QED) is 0.582. The molecule has 0 spiro atoms. The Morgan fingerprint density at radius 3 is 2.53 bits per heavy atom. The number of terminal acetylenes is 1. The maximum absolute atomic E-state index is 12.3. The topological polar surface area (TPSA) is 86.8 Å². The second-order valence-corrected chi connectivity index (χ2v) is 8.61. The van der Waals surface area contributed by atoms with E-state index in [2.05, 4.69) is 27.0 Å². The van der Waals surface area contributed by atoms with E-state index in [1.807, 2.05) is 39.0 Å². The minimum absolute atomic E-state index is 0.285. The molecule has 3 aromatic heterocycles. The van der Waals surface area contributed by atoms with Crippen LogP contribution in [0.25, 0.3) is 16.6 Å². The van der Waals surface area contributed by atoms with Crippen molar-refractivity contribution < 1.29 is 9.53 Å². The molecule has 1 aliphatic rings. The van der Waals surface area contributed by atoms with Crippen LogP contribution in [0.5, 0.6) is 0 Å². The van der Waals surface area contributed by atoms with Gasteiger partial charge in [0.05, 0.1) is 17.3 Å². The molecule has 3 aromatic rings. The van der Waals surface area contributed by atoms with Gasteiger partial charge < -0.3 is 14.5 Å². The molecule has 0 aromatic carbocycles. The second kappa shape index (κ2) is 8.24. The van der Waals surface area contributed by atoms with Crippen molar-refractivity contribution in [3.63, 3.8) is 0 Å². The summed E-state index contributed by atoms with van der Waals surface area (Å²) in [5.41, 5.74) is 3.00. The van der Waals surface area contributed by atoms with Crippen LogP contribution in [0.1, 0.15) is 31.9 Å². The summed E-state index contributed by atoms with van der Waals surface area (Å²) in [5, 5.41) is 13.7. The largest absolute Gasteiger partial charge is 0.444 e. The Balaban J connectivity index is 1.53. The number of amides is 1. The van der Waals surface area contributed by atoms with Crippen molar-refractivity contribution in [3.05, 3.63) is 47.9 Å². The monoisotopic (exact) mass is 428 g/mol. The van der Waals surface area contributed by atoms with Crippen LogP contribution in [0.2, 0.25) is 0 Å². The molecule has 32 heavy (non-hydrogen) atoms. The zero-order chi connectivity index (χ0) is 22.9. The van der Waals surface area contributed by atoms with Crippen LogP contribution in [0.3, 0.4) is 0 Å². The summed E-state index contributed by atoms with van der Waals surface area (Å²) in [5.74, 6) is 3.46. The summed E-state index contributed by atoms with van der Waals surface area (Å²) < 4.78 is 7.09. The average Bonchev–Trinajstić information content (AvgIpc) is 3.20. The van der Waals surface area contributed by atoms with Gasteiger partial charge in [0.15, 0.2) is 0 Å². The van der Waals surface area contributed by atoms with E-state index in [4.69, 9.17) is 11.2 Å². The van der Waals surface area contributed by atoms with E-state index >= 15 is 0 Å². The van der Waals surface area contributed by atoms with Crippen LogP contribution < -0.4 is 4.90 Å². The Labute approximate surface area is 187 Å². The molecule has 0 aliphatic carbocycles. The molecule has 162 valence electrons. The van der Waals surface area contributed by atoms with Crippen LogP contribution in [0.4, 0.5) is 10.6 Å². The van der Waals surface area contributed by atoms with E-state index in [-0.39, 0.29) is 6.09 Å². The Kier molecular flexibility index (Phi) is 5.46. The Morgan fingerprint density at radius 1 is 1.19 bits per heavy atom. The first-order chi connectivity index (χ1) is 15.3. The average molecular weight is 428 g/mol. The number of anilines is 1. The molecule has 8 heteroatoms. The molecular formula is C24H24N6O2. The van der Waals surface area contributed by atoms with Gasteiger partial charge in [-0.1, -0.05) is 5.92 Å². The van der Waals surface area contributed by atoms with Crippen molar-refractivity contribution in [2.45, 2.75) is 26.4 Å². The van der Waals surface area contributed by atoms with Crippen molar-refractivity contribution in [1.29, 1.82) is 5.26 Å². The smallest absolute Gasteiger partial charge is 0.410 e. The van der Waals surface area contributed by atoms with E-state index in [1.54, 1.807) is 21.8 Å². The zero-order valence-electron chi connectivity index (χ0n) is 18.4. The zero-order valence-corrected chi connectivity index (χ0v) is 18.4. The van der Waals surface area contributed by atoms with E-state index in [0.29, 0.717) is 42.8 Å². The minimum Gasteiger partial charge on any atom is -0.444 e. The van der Waals surface area contributed by atoms with Crippen LogP contribution in [0.15, 0.2) is 36.8 Å². The van der Waals surface area contributed by atoms with E-state index in [1.165, 1.54) is 6.20 Å². The van der Waals surface area contributed by atoms with Crippen molar-refractivity contribution >= 4 is 17.4 Å². The van der Waals surface area contributed by atoms with Gasteiger partial charge in [-0.15, -0.1) is 6.42 Å². The molecule has 0 bridgehead atoms. The fraction of sp³-hybridized carbons (Fsp3) is 0.333. The molecule has 1 amide bonds. The number of piperazine rings is 1. The first-order valence-corrected chi connectivity index (χ1v) is 10.4. The van der Waals surface area contributed by atoms with Crippen LogP contribution in [-0.2, 0) is 4.74 Å². The Morgan fingerprint density at radius 2 is 1.94 bits per heavy atom. The number of pyridine rings is 2.